The topological polar surface area (TPSA) is 58.4 Å². The van der Waals surface area contributed by atoms with Gasteiger partial charge in [0.25, 0.3) is 0 Å². The van der Waals surface area contributed by atoms with E-state index in [9.17, 15) is 4.79 Å². The van der Waals surface area contributed by atoms with Crippen molar-refractivity contribution in [1.82, 2.24) is 0 Å². The van der Waals surface area contributed by atoms with E-state index < -0.39 is 0 Å². The van der Waals surface area contributed by atoms with Crippen molar-refractivity contribution >= 4 is 17.3 Å². The molecule has 0 heterocycles. The molecule has 0 aromatic heterocycles. The lowest BCUT2D eigenvalue weighted by Gasteiger charge is -2.16. The summed E-state index contributed by atoms with van der Waals surface area (Å²) >= 11 is 0. The number of carbonyl (C=O) groups excluding carboxylic acids is 1. The molecule has 1 aromatic rings. The Labute approximate surface area is 103 Å². The molecule has 4 nitrogen and oxygen atoms in total. The highest BCUT2D eigenvalue weighted by atomic mass is 16.1. The van der Waals surface area contributed by atoms with Crippen LogP contribution in [0.15, 0.2) is 18.2 Å². The number of rotatable bonds is 4. The molecule has 0 aliphatic carbocycles. The Balaban J connectivity index is 2.83. The fourth-order valence-electron chi connectivity index (χ4n) is 1.43. The van der Waals surface area contributed by atoms with Gasteiger partial charge in [-0.15, -0.1) is 0 Å². The zero-order chi connectivity index (χ0) is 13.0. The molecule has 0 radical (unpaired) electrons. The largest absolute Gasteiger partial charge is 0.378 e. The van der Waals surface area contributed by atoms with Crippen LogP contribution in [0.2, 0.25) is 0 Å². The van der Waals surface area contributed by atoms with E-state index in [4.69, 9.17) is 5.73 Å². The van der Waals surface area contributed by atoms with Crippen molar-refractivity contribution in [3.63, 3.8) is 0 Å². The summed E-state index contributed by atoms with van der Waals surface area (Å²) < 4.78 is 0. The molecule has 0 aliphatic heterocycles. The lowest BCUT2D eigenvalue weighted by molar-refractivity contribution is -0.119. The first kappa shape index (κ1) is 13.5. The van der Waals surface area contributed by atoms with Gasteiger partial charge in [0.05, 0.1) is 0 Å². The van der Waals surface area contributed by atoms with Crippen LogP contribution >= 0.6 is 0 Å². The zero-order valence-corrected chi connectivity index (χ0v) is 10.9. The Kier molecular flexibility index (Phi) is 4.52. The van der Waals surface area contributed by atoms with Gasteiger partial charge in [-0.2, -0.15) is 0 Å². The van der Waals surface area contributed by atoms with Crippen molar-refractivity contribution < 1.29 is 4.79 Å². The third-order valence-electron chi connectivity index (χ3n) is 2.79. The molecule has 1 rings (SSSR count). The summed E-state index contributed by atoms with van der Waals surface area (Å²) in [6.07, 6.45) is 0. The minimum atomic E-state index is -0.164. The Bertz CT molecular complexity index is 402. The first-order valence-electron chi connectivity index (χ1n) is 5.74. The molecule has 0 spiro atoms. The van der Waals surface area contributed by atoms with Crippen LogP contribution < -0.4 is 16.0 Å². The average Bonchev–Trinajstić information content (AvgIpc) is 2.30. The molecule has 1 amide bonds. The van der Waals surface area contributed by atoms with Gasteiger partial charge in [-0.25, -0.2) is 0 Å². The molecule has 4 heteroatoms. The van der Waals surface area contributed by atoms with Crippen LogP contribution in [-0.2, 0) is 4.79 Å². The number of carbonyl (C=O) groups is 1. The number of amides is 1. The molecule has 1 atom stereocenters. The molecule has 0 bridgehead atoms. The lowest BCUT2D eigenvalue weighted by atomic mass is 10.1. The van der Waals surface area contributed by atoms with E-state index in [2.05, 4.69) is 5.32 Å². The van der Waals surface area contributed by atoms with Gasteiger partial charge in [-0.1, -0.05) is 6.92 Å². The first-order chi connectivity index (χ1) is 7.95. The Hall–Kier alpha value is -1.55. The summed E-state index contributed by atoms with van der Waals surface area (Å²) in [4.78, 5) is 13.7. The monoisotopic (exact) mass is 235 g/mol. The highest BCUT2D eigenvalue weighted by Gasteiger charge is 2.12. The van der Waals surface area contributed by atoms with Gasteiger partial charge in [0.1, 0.15) is 0 Å². The second-order valence-electron chi connectivity index (χ2n) is 4.52. The molecule has 0 saturated carbocycles. The number of nitrogens with zero attached hydrogens (tertiary/aromatic N) is 1. The molecule has 0 aliphatic rings. The third kappa shape index (κ3) is 3.46. The van der Waals surface area contributed by atoms with Crippen molar-refractivity contribution in [2.75, 3.05) is 30.9 Å². The normalized spacial score (nSPS) is 12.1. The molecule has 1 aromatic carbocycles. The second kappa shape index (κ2) is 5.68. The molecule has 0 saturated heterocycles. The number of anilines is 2. The van der Waals surface area contributed by atoms with Crippen molar-refractivity contribution in [3.8, 4) is 0 Å². The number of nitrogens with one attached hydrogen (secondary N) is 1. The Morgan fingerprint density at radius 1 is 1.47 bits per heavy atom. The molecule has 94 valence electrons. The van der Waals surface area contributed by atoms with E-state index in [1.807, 2.05) is 51.0 Å². The van der Waals surface area contributed by atoms with E-state index in [1.54, 1.807) is 0 Å². The van der Waals surface area contributed by atoms with Crippen molar-refractivity contribution in [2.24, 2.45) is 11.7 Å². The maximum absolute atomic E-state index is 11.7. The van der Waals surface area contributed by atoms with Crippen molar-refractivity contribution in [3.05, 3.63) is 23.8 Å². The highest BCUT2D eigenvalue weighted by Crippen LogP contribution is 2.21. The van der Waals surface area contributed by atoms with Gasteiger partial charge in [-0.05, 0) is 30.7 Å². The van der Waals surface area contributed by atoms with Gasteiger partial charge < -0.3 is 16.0 Å². The number of nitrogens with two attached hydrogens (primary N) is 1. The van der Waals surface area contributed by atoms with E-state index in [-0.39, 0.29) is 11.8 Å². The molecular formula is C13H21N3O. The minimum Gasteiger partial charge on any atom is -0.378 e. The van der Waals surface area contributed by atoms with E-state index in [0.717, 1.165) is 16.9 Å². The molecular weight excluding hydrogens is 214 g/mol. The van der Waals surface area contributed by atoms with Gasteiger partial charge in [0.15, 0.2) is 0 Å². The lowest BCUT2D eigenvalue weighted by Crippen LogP contribution is -2.27. The smallest absolute Gasteiger partial charge is 0.228 e. The van der Waals surface area contributed by atoms with Crippen molar-refractivity contribution in [1.29, 1.82) is 0 Å². The first-order valence-corrected chi connectivity index (χ1v) is 5.74. The van der Waals surface area contributed by atoms with Crippen LogP contribution in [0.25, 0.3) is 0 Å². The van der Waals surface area contributed by atoms with Crippen LogP contribution in [0.1, 0.15) is 12.5 Å². The standard InChI is InChI=1S/C13H21N3O/c1-9-7-11(16(3)4)5-6-12(9)15-13(17)10(2)8-14/h5-7,10H,8,14H2,1-4H3,(H,15,17). The summed E-state index contributed by atoms with van der Waals surface area (Å²) in [7, 11) is 3.98. The van der Waals surface area contributed by atoms with Crippen LogP contribution in [0.5, 0.6) is 0 Å². The predicted molar refractivity (Wildman–Crippen MR) is 72.4 cm³/mol. The number of benzene rings is 1. The van der Waals surface area contributed by atoms with Gasteiger partial charge in [0, 0.05) is 37.9 Å². The average molecular weight is 235 g/mol. The predicted octanol–water partition coefficient (Wildman–Crippen LogP) is 1.59. The number of aryl methyl sites for hydroxylation is 1. The Morgan fingerprint density at radius 2 is 2.12 bits per heavy atom. The summed E-state index contributed by atoms with van der Waals surface area (Å²) in [6.45, 7) is 4.16. The van der Waals surface area contributed by atoms with E-state index in [1.165, 1.54) is 0 Å². The summed E-state index contributed by atoms with van der Waals surface area (Å²) in [5.74, 6) is -0.198. The van der Waals surface area contributed by atoms with Crippen LogP contribution in [0.4, 0.5) is 11.4 Å². The van der Waals surface area contributed by atoms with Gasteiger partial charge >= 0.3 is 0 Å². The highest BCUT2D eigenvalue weighted by molar-refractivity contribution is 5.93. The minimum absolute atomic E-state index is 0.0341. The van der Waals surface area contributed by atoms with E-state index >= 15 is 0 Å². The summed E-state index contributed by atoms with van der Waals surface area (Å²) in [6, 6.07) is 5.95. The Morgan fingerprint density at radius 3 is 2.59 bits per heavy atom. The molecule has 17 heavy (non-hydrogen) atoms. The third-order valence-corrected chi connectivity index (χ3v) is 2.79. The maximum Gasteiger partial charge on any atom is 0.228 e. The van der Waals surface area contributed by atoms with Gasteiger partial charge in [0.2, 0.25) is 5.91 Å². The van der Waals surface area contributed by atoms with Crippen LogP contribution in [0, 0.1) is 12.8 Å². The summed E-state index contributed by atoms with van der Waals surface area (Å²) in [5, 5.41) is 2.89. The molecule has 0 fully saturated rings. The second-order valence-corrected chi connectivity index (χ2v) is 4.52. The van der Waals surface area contributed by atoms with Crippen LogP contribution in [-0.4, -0.2) is 26.5 Å². The van der Waals surface area contributed by atoms with Crippen molar-refractivity contribution in [2.45, 2.75) is 13.8 Å². The maximum atomic E-state index is 11.7. The molecule has 1 unspecified atom stereocenters. The SMILES string of the molecule is Cc1cc(N(C)C)ccc1NC(=O)C(C)CN. The number of hydrogen-bond donors (Lipinski definition) is 2. The summed E-state index contributed by atoms with van der Waals surface area (Å²) in [5.41, 5.74) is 8.48. The van der Waals surface area contributed by atoms with E-state index in [0.29, 0.717) is 6.54 Å². The number of hydrogen-bond acceptors (Lipinski definition) is 3. The zero-order valence-electron chi connectivity index (χ0n) is 10.9. The fourth-order valence-corrected chi connectivity index (χ4v) is 1.43. The van der Waals surface area contributed by atoms with Gasteiger partial charge in [-0.3, -0.25) is 4.79 Å². The quantitative estimate of drug-likeness (QED) is 0.833. The van der Waals surface area contributed by atoms with Crippen LogP contribution in [0.3, 0.4) is 0 Å². The molecule has 3 N–H and O–H groups in total. The fraction of sp³-hybridized carbons (Fsp3) is 0.462.